The number of hydrogen-bond acceptors (Lipinski definition) is 7. The molecule has 0 atom stereocenters. The second-order valence-electron chi connectivity index (χ2n) is 5.66. The fraction of sp³-hybridized carbons (Fsp3) is 0.412. The minimum Gasteiger partial charge on any atom is -0.493 e. The van der Waals surface area contributed by atoms with Crippen molar-refractivity contribution in [1.82, 2.24) is 15.0 Å². The molecule has 1 heterocycles. The van der Waals surface area contributed by atoms with Gasteiger partial charge in [0.05, 0.1) is 25.7 Å². The van der Waals surface area contributed by atoms with E-state index in [0.29, 0.717) is 27.9 Å². The van der Waals surface area contributed by atoms with Gasteiger partial charge in [0.1, 0.15) is 0 Å². The van der Waals surface area contributed by atoms with Crippen LogP contribution >= 0.6 is 11.6 Å². The Morgan fingerprint density at radius 2 is 2.00 bits per heavy atom. The Bertz CT molecular complexity index is 823. The van der Waals surface area contributed by atoms with Crippen molar-refractivity contribution in [2.24, 2.45) is 0 Å². The van der Waals surface area contributed by atoms with Gasteiger partial charge < -0.3 is 24.0 Å². The van der Waals surface area contributed by atoms with Crippen molar-refractivity contribution in [1.29, 1.82) is 0 Å². The lowest BCUT2D eigenvalue weighted by Gasteiger charge is -2.15. The van der Waals surface area contributed by atoms with Gasteiger partial charge in [-0.05, 0) is 12.1 Å². The molecule has 2 rings (SSSR count). The van der Waals surface area contributed by atoms with E-state index in [9.17, 15) is 9.59 Å². The van der Waals surface area contributed by atoms with E-state index in [-0.39, 0.29) is 37.6 Å². The molecule has 0 aliphatic heterocycles. The van der Waals surface area contributed by atoms with E-state index in [2.05, 4.69) is 10.1 Å². The van der Waals surface area contributed by atoms with Crippen LogP contribution in [0.25, 0.3) is 11.4 Å². The normalized spacial score (nSPS) is 10.5. The molecule has 0 bridgehead atoms. The lowest BCUT2D eigenvalue weighted by Crippen LogP contribution is -2.29. The van der Waals surface area contributed by atoms with Gasteiger partial charge in [0.2, 0.25) is 17.6 Å². The van der Waals surface area contributed by atoms with Crippen LogP contribution in [0.5, 0.6) is 11.5 Å². The van der Waals surface area contributed by atoms with Gasteiger partial charge >= 0.3 is 5.97 Å². The number of benzene rings is 1. The number of carbonyl (C=O) groups is 2. The van der Waals surface area contributed by atoms with E-state index in [1.165, 1.54) is 19.1 Å². The van der Waals surface area contributed by atoms with Crippen LogP contribution in [0.1, 0.15) is 18.7 Å². The molecule has 2 aromatic rings. The molecular formula is C17H20ClN3O6. The van der Waals surface area contributed by atoms with E-state index in [0.717, 1.165) is 0 Å². The van der Waals surface area contributed by atoms with E-state index in [4.69, 9.17) is 30.7 Å². The van der Waals surface area contributed by atoms with Gasteiger partial charge in [-0.2, -0.15) is 4.98 Å². The Morgan fingerprint density at radius 1 is 1.26 bits per heavy atom. The zero-order chi connectivity index (χ0) is 20.0. The van der Waals surface area contributed by atoms with Crippen LogP contribution in [0.15, 0.2) is 16.7 Å². The number of carboxylic acid groups (broad SMARTS) is 1. The first kappa shape index (κ1) is 20.5. The SMILES string of the molecule is COc1cc(-c2noc(CCC(=O)N(C)CCC(=O)O)n2)cc(Cl)c1OC. The summed E-state index contributed by atoms with van der Waals surface area (Å²) in [5.41, 5.74) is 0.581. The first-order valence-corrected chi connectivity index (χ1v) is 8.43. The highest BCUT2D eigenvalue weighted by molar-refractivity contribution is 6.32. The lowest BCUT2D eigenvalue weighted by molar-refractivity contribution is -0.138. The van der Waals surface area contributed by atoms with E-state index in [1.54, 1.807) is 19.2 Å². The number of carbonyl (C=O) groups excluding carboxylic acids is 1. The standard InChI is InChI=1S/C17H20ClN3O6/c1-21(7-6-15(23)24)14(22)5-4-13-19-17(20-27-13)10-8-11(18)16(26-3)12(9-10)25-2/h8-9H,4-7H2,1-3H3,(H,23,24). The number of hydrogen-bond donors (Lipinski definition) is 1. The number of halogens is 1. The number of aliphatic carboxylic acids is 1. The van der Waals surface area contributed by atoms with Crippen molar-refractivity contribution in [2.45, 2.75) is 19.3 Å². The molecule has 10 heteroatoms. The van der Waals surface area contributed by atoms with Crippen molar-refractivity contribution in [3.63, 3.8) is 0 Å². The first-order chi connectivity index (χ1) is 12.8. The summed E-state index contributed by atoms with van der Waals surface area (Å²) in [4.78, 5) is 28.2. The number of amides is 1. The Kier molecular flexibility index (Phi) is 7.00. The maximum Gasteiger partial charge on any atom is 0.305 e. The molecule has 1 amide bonds. The molecule has 1 aromatic carbocycles. The van der Waals surface area contributed by atoms with E-state index < -0.39 is 5.97 Å². The molecule has 0 spiro atoms. The highest BCUT2D eigenvalue weighted by Crippen LogP contribution is 2.38. The summed E-state index contributed by atoms with van der Waals surface area (Å²) in [7, 11) is 4.53. The molecule has 146 valence electrons. The highest BCUT2D eigenvalue weighted by Gasteiger charge is 2.17. The summed E-state index contributed by atoms with van der Waals surface area (Å²) in [6.45, 7) is 0.146. The Morgan fingerprint density at radius 3 is 2.63 bits per heavy atom. The first-order valence-electron chi connectivity index (χ1n) is 8.06. The van der Waals surface area contributed by atoms with Gasteiger partial charge in [0.15, 0.2) is 11.5 Å². The minimum atomic E-state index is -0.954. The van der Waals surface area contributed by atoms with Crippen LogP contribution in [0.3, 0.4) is 0 Å². The van der Waals surface area contributed by atoms with Gasteiger partial charge in [-0.3, -0.25) is 9.59 Å². The van der Waals surface area contributed by atoms with Crippen LogP contribution in [0.4, 0.5) is 0 Å². The van der Waals surface area contributed by atoms with Gasteiger partial charge in [-0.25, -0.2) is 0 Å². The van der Waals surface area contributed by atoms with Crippen molar-refractivity contribution in [3.8, 4) is 22.9 Å². The summed E-state index contributed by atoms with van der Waals surface area (Å²) < 4.78 is 15.6. The van der Waals surface area contributed by atoms with Crippen molar-refractivity contribution >= 4 is 23.5 Å². The molecule has 0 unspecified atom stereocenters. The monoisotopic (exact) mass is 397 g/mol. The number of nitrogens with zero attached hydrogens (tertiary/aromatic N) is 3. The van der Waals surface area contributed by atoms with Crippen LogP contribution in [0.2, 0.25) is 5.02 Å². The molecule has 0 aliphatic rings. The third kappa shape index (κ3) is 5.33. The third-order valence-electron chi connectivity index (χ3n) is 3.80. The molecule has 1 N–H and O–H groups in total. The van der Waals surface area contributed by atoms with Gasteiger partial charge in [0, 0.05) is 32.0 Å². The van der Waals surface area contributed by atoms with Crippen molar-refractivity contribution < 1.29 is 28.7 Å². The van der Waals surface area contributed by atoms with Crippen LogP contribution in [-0.4, -0.2) is 59.8 Å². The number of aromatic nitrogens is 2. The maximum atomic E-state index is 12.0. The molecule has 1 aromatic heterocycles. The summed E-state index contributed by atoms with van der Waals surface area (Å²) >= 11 is 6.18. The Hall–Kier alpha value is -2.81. The topological polar surface area (TPSA) is 115 Å². The smallest absolute Gasteiger partial charge is 0.305 e. The fourth-order valence-corrected chi connectivity index (χ4v) is 2.60. The van der Waals surface area contributed by atoms with Crippen molar-refractivity contribution in [3.05, 3.63) is 23.0 Å². The number of aryl methyl sites for hydroxylation is 1. The molecule has 9 nitrogen and oxygen atoms in total. The van der Waals surface area contributed by atoms with Crippen LogP contribution < -0.4 is 9.47 Å². The number of carboxylic acids is 1. The lowest BCUT2D eigenvalue weighted by atomic mass is 10.2. The summed E-state index contributed by atoms with van der Waals surface area (Å²) in [5.74, 6) is 0.272. The Labute approximate surface area is 160 Å². The number of ether oxygens (including phenoxy) is 2. The largest absolute Gasteiger partial charge is 0.493 e. The Balaban J connectivity index is 2.04. The number of methoxy groups -OCH3 is 2. The van der Waals surface area contributed by atoms with Gasteiger partial charge in [-0.1, -0.05) is 16.8 Å². The molecule has 0 radical (unpaired) electrons. The van der Waals surface area contributed by atoms with Crippen LogP contribution in [-0.2, 0) is 16.0 Å². The zero-order valence-electron chi connectivity index (χ0n) is 15.2. The fourth-order valence-electron chi connectivity index (χ4n) is 2.31. The third-order valence-corrected chi connectivity index (χ3v) is 4.08. The molecule has 0 aliphatic carbocycles. The van der Waals surface area contributed by atoms with Gasteiger partial charge in [0.25, 0.3) is 0 Å². The quantitative estimate of drug-likeness (QED) is 0.685. The minimum absolute atomic E-state index is 0.104. The summed E-state index contributed by atoms with van der Waals surface area (Å²) in [6, 6.07) is 3.30. The van der Waals surface area contributed by atoms with Gasteiger partial charge in [-0.15, -0.1) is 0 Å². The summed E-state index contributed by atoms with van der Waals surface area (Å²) in [6.07, 6.45) is 0.266. The molecule has 27 heavy (non-hydrogen) atoms. The molecule has 0 saturated heterocycles. The average Bonchev–Trinajstić information content (AvgIpc) is 3.12. The highest BCUT2D eigenvalue weighted by atomic mass is 35.5. The molecular weight excluding hydrogens is 378 g/mol. The van der Waals surface area contributed by atoms with E-state index >= 15 is 0 Å². The second kappa shape index (κ2) is 9.22. The molecule has 0 saturated carbocycles. The maximum absolute atomic E-state index is 12.0. The number of rotatable bonds is 9. The van der Waals surface area contributed by atoms with E-state index in [1.807, 2.05) is 0 Å². The zero-order valence-corrected chi connectivity index (χ0v) is 15.9. The summed E-state index contributed by atoms with van der Waals surface area (Å²) in [5, 5.41) is 12.9. The molecule has 0 fully saturated rings. The average molecular weight is 398 g/mol. The second-order valence-corrected chi connectivity index (χ2v) is 6.07. The predicted octanol–water partition coefficient (Wildman–Crippen LogP) is 2.27. The van der Waals surface area contributed by atoms with Crippen LogP contribution in [0, 0.1) is 0 Å². The predicted molar refractivity (Wildman–Crippen MR) is 96.1 cm³/mol. The van der Waals surface area contributed by atoms with Crippen molar-refractivity contribution in [2.75, 3.05) is 27.8 Å².